The normalized spacial score (nSPS) is 11.7. The van der Waals surface area contributed by atoms with Gasteiger partial charge in [0.05, 0.1) is 19.2 Å². The molecule has 0 saturated carbocycles. The van der Waals surface area contributed by atoms with Crippen LogP contribution in [0.5, 0.6) is 5.75 Å². The highest BCUT2D eigenvalue weighted by Gasteiger charge is 2.34. The zero-order valence-electron chi connectivity index (χ0n) is 21.9. The van der Waals surface area contributed by atoms with Crippen molar-refractivity contribution in [3.63, 3.8) is 0 Å². The number of carbonyl (C=O) groups excluding carboxylic acids is 2. The fraction of sp³-hybridized carbons (Fsp3) is 0.161. The Labute approximate surface area is 231 Å². The zero-order valence-corrected chi connectivity index (χ0v) is 21.9. The van der Waals surface area contributed by atoms with E-state index >= 15 is 4.39 Å². The first-order valence-electron chi connectivity index (χ1n) is 12.8. The maximum Gasteiger partial charge on any atom is 0.247 e. The topological polar surface area (TPSA) is 89.3 Å². The molecule has 0 aliphatic heterocycles. The van der Waals surface area contributed by atoms with Crippen LogP contribution >= 0.6 is 0 Å². The van der Waals surface area contributed by atoms with Crippen LogP contribution in [0.1, 0.15) is 22.7 Å². The maximum absolute atomic E-state index is 15.3. The summed E-state index contributed by atoms with van der Waals surface area (Å²) in [6.45, 7) is 0.00877. The third kappa shape index (κ3) is 5.83. The van der Waals surface area contributed by atoms with Crippen molar-refractivity contribution in [2.75, 3.05) is 7.11 Å². The molecule has 40 heavy (non-hydrogen) atoms. The van der Waals surface area contributed by atoms with Crippen LogP contribution < -0.4 is 10.1 Å². The first-order chi connectivity index (χ1) is 19.5. The predicted molar refractivity (Wildman–Crippen MR) is 149 cm³/mol. The molecule has 0 fully saturated rings. The number of hydrogen-bond acceptors (Lipinski definition) is 5. The minimum absolute atomic E-state index is 0.00671. The number of carbonyl (C=O) groups is 2. The summed E-state index contributed by atoms with van der Waals surface area (Å²) in [6.07, 6.45) is 0. The Morgan fingerprint density at radius 2 is 1.62 bits per heavy atom. The van der Waals surface area contributed by atoms with E-state index < -0.39 is 23.7 Å². The second kappa shape index (κ2) is 12.2. The molecule has 5 rings (SSSR count). The van der Waals surface area contributed by atoms with Gasteiger partial charge in [-0.15, -0.1) is 5.10 Å². The van der Waals surface area contributed by atoms with Crippen LogP contribution in [0, 0.1) is 5.82 Å². The summed E-state index contributed by atoms with van der Waals surface area (Å²) >= 11 is 0. The van der Waals surface area contributed by atoms with Gasteiger partial charge in [0.1, 0.15) is 29.7 Å². The lowest BCUT2D eigenvalue weighted by Gasteiger charge is -2.32. The van der Waals surface area contributed by atoms with Crippen molar-refractivity contribution >= 4 is 22.8 Å². The molecule has 8 nitrogen and oxygen atoms in total. The molecule has 0 saturated heterocycles. The van der Waals surface area contributed by atoms with Crippen LogP contribution in [-0.4, -0.2) is 38.8 Å². The van der Waals surface area contributed by atoms with Gasteiger partial charge in [-0.3, -0.25) is 9.59 Å². The molecule has 1 aromatic heterocycles. The van der Waals surface area contributed by atoms with Crippen molar-refractivity contribution in [2.45, 2.75) is 25.7 Å². The Kier molecular flexibility index (Phi) is 8.10. The molecule has 0 bridgehead atoms. The molecule has 4 aromatic carbocycles. The molecule has 5 aromatic rings. The van der Waals surface area contributed by atoms with Gasteiger partial charge >= 0.3 is 0 Å². The second-order valence-corrected chi connectivity index (χ2v) is 9.20. The van der Waals surface area contributed by atoms with Crippen LogP contribution in [-0.2, 0) is 29.2 Å². The largest absolute Gasteiger partial charge is 0.496 e. The second-order valence-electron chi connectivity index (χ2n) is 9.20. The van der Waals surface area contributed by atoms with E-state index in [1.165, 1.54) is 28.8 Å². The van der Waals surface area contributed by atoms with E-state index in [9.17, 15) is 9.59 Å². The fourth-order valence-electron chi connectivity index (χ4n) is 4.62. The molecule has 1 heterocycles. The summed E-state index contributed by atoms with van der Waals surface area (Å²) in [5.74, 6) is -1.000. The minimum Gasteiger partial charge on any atom is -0.496 e. The Balaban J connectivity index is 1.55. The number of methoxy groups -OCH3 is 1. The lowest BCUT2D eigenvalue weighted by molar-refractivity contribution is -0.142. The number of halogens is 1. The van der Waals surface area contributed by atoms with E-state index in [2.05, 4.69) is 15.6 Å². The van der Waals surface area contributed by atoms with Gasteiger partial charge < -0.3 is 15.0 Å². The standard InChI is InChI=1S/C31H28FN5O3/c1-40-28-18-10-5-13-23(28)20-36(29(38)21-37-27-17-9-8-16-26(27)34-35-37)30(24-14-6-7-15-25(24)32)31(39)33-19-22-11-3-2-4-12-22/h2-18,30H,19-21H2,1H3,(H,33,39)/t30-/m1/s1. The minimum atomic E-state index is -1.27. The number of rotatable bonds is 10. The van der Waals surface area contributed by atoms with Crippen LogP contribution in [0.25, 0.3) is 11.0 Å². The lowest BCUT2D eigenvalue weighted by atomic mass is 10.0. The summed E-state index contributed by atoms with van der Waals surface area (Å²) in [5, 5.41) is 11.2. The summed E-state index contributed by atoms with van der Waals surface area (Å²) in [4.78, 5) is 29.3. The number of ether oxygens (including phenoxy) is 1. The smallest absolute Gasteiger partial charge is 0.247 e. The Morgan fingerprint density at radius 3 is 2.42 bits per heavy atom. The molecular weight excluding hydrogens is 509 g/mol. The number of hydrogen-bond donors (Lipinski definition) is 1. The quantitative estimate of drug-likeness (QED) is 0.280. The summed E-state index contributed by atoms with van der Waals surface area (Å²) in [5.41, 5.74) is 2.93. The summed E-state index contributed by atoms with van der Waals surface area (Å²) in [7, 11) is 1.54. The molecule has 1 atom stereocenters. The van der Waals surface area contributed by atoms with Crippen molar-refractivity contribution in [2.24, 2.45) is 0 Å². The molecule has 0 unspecified atom stereocenters. The molecule has 0 aliphatic rings. The first kappa shape index (κ1) is 26.6. The number of nitrogens with one attached hydrogen (secondary N) is 1. The Morgan fingerprint density at radius 1 is 0.925 bits per heavy atom. The maximum atomic E-state index is 15.3. The molecule has 0 spiro atoms. The Bertz CT molecular complexity index is 1620. The lowest BCUT2D eigenvalue weighted by Crippen LogP contribution is -2.45. The van der Waals surface area contributed by atoms with E-state index in [-0.39, 0.29) is 25.2 Å². The number of benzene rings is 4. The SMILES string of the molecule is COc1ccccc1CN(C(=O)Cn1nnc2ccccc21)[C@@H](C(=O)NCc1ccccc1)c1ccccc1F. The highest BCUT2D eigenvalue weighted by Crippen LogP contribution is 2.29. The average Bonchev–Trinajstić information content (AvgIpc) is 3.40. The van der Waals surface area contributed by atoms with Crippen LogP contribution in [0.15, 0.2) is 103 Å². The third-order valence-corrected chi connectivity index (χ3v) is 6.63. The first-order valence-corrected chi connectivity index (χ1v) is 12.8. The number of amides is 2. The van der Waals surface area contributed by atoms with E-state index in [1.54, 1.807) is 24.3 Å². The van der Waals surface area contributed by atoms with Crippen LogP contribution in [0.4, 0.5) is 4.39 Å². The van der Waals surface area contributed by atoms with Gasteiger partial charge in [-0.1, -0.05) is 84.1 Å². The van der Waals surface area contributed by atoms with Crippen molar-refractivity contribution in [3.05, 3.63) is 126 Å². The van der Waals surface area contributed by atoms with Gasteiger partial charge in [-0.2, -0.15) is 0 Å². The van der Waals surface area contributed by atoms with E-state index in [0.717, 1.165) is 5.56 Å². The number of nitrogens with zero attached hydrogens (tertiary/aromatic N) is 4. The van der Waals surface area contributed by atoms with Gasteiger partial charge in [0.15, 0.2) is 0 Å². The van der Waals surface area contributed by atoms with Gasteiger partial charge in [0.25, 0.3) is 0 Å². The molecule has 2 amide bonds. The molecule has 0 radical (unpaired) electrons. The van der Waals surface area contributed by atoms with Crippen molar-refractivity contribution < 1.29 is 18.7 Å². The number of aromatic nitrogens is 3. The van der Waals surface area contributed by atoms with Crippen molar-refractivity contribution in [1.29, 1.82) is 0 Å². The fourth-order valence-corrected chi connectivity index (χ4v) is 4.62. The van der Waals surface area contributed by atoms with E-state index in [0.29, 0.717) is 22.3 Å². The third-order valence-electron chi connectivity index (χ3n) is 6.63. The Hall–Kier alpha value is -5.05. The van der Waals surface area contributed by atoms with Crippen LogP contribution in [0.3, 0.4) is 0 Å². The van der Waals surface area contributed by atoms with Gasteiger partial charge in [-0.05, 0) is 29.8 Å². The molecule has 1 N–H and O–H groups in total. The van der Waals surface area contributed by atoms with Gasteiger partial charge in [0.2, 0.25) is 11.8 Å². The monoisotopic (exact) mass is 537 g/mol. The van der Waals surface area contributed by atoms with Gasteiger partial charge in [0, 0.05) is 17.7 Å². The highest BCUT2D eigenvalue weighted by atomic mass is 19.1. The summed E-state index contributed by atoms with van der Waals surface area (Å²) < 4.78 is 22.3. The van der Waals surface area contributed by atoms with Crippen molar-refractivity contribution in [3.8, 4) is 5.75 Å². The molecule has 9 heteroatoms. The number of para-hydroxylation sites is 2. The molecule has 202 valence electrons. The zero-order chi connectivity index (χ0) is 27.9. The predicted octanol–water partition coefficient (Wildman–Crippen LogP) is 4.67. The van der Waals surface area contributed by atoms with E-state index in [1.807, 2.05) is 66.7 Å². The van der Waals surface area contributed by atoms with Crippen molar-refractivity contribution in [1.82, 2.24) is 25.2 Å². The molecule has 0 aliphatic carbocycles. The number of fused-ring (bicyclic) bond motifs is 1. The summed E-state index contributed by atoms with van der Waals surface area (Å²) in [6, 6.07) is 28.6. The average molecular weight is 538 g/mol. The van der Waals surface area contributed by atoms with E-state index in [4.69, 9.17) is 4.74 Å². The highest BCUT2D eigenvalue weighted by molar-refractivity contribution is 5.89. The van der Waals surface area contributed by atoms with Gasteiger partial charge in [-0.25, -0.2) is 9.07 Å². The molecular formula is C31H28FN5O3. The van der Waals surface area contributed by atoms with Crippen LogP contribution in [0.2, 0.25) is 0 Å².